The number of hydrogen-bond donors (Lipinski definition) is 2. The van der Waals surface area contributed by atoms with Gasteiger partial charge in [-0.3, -0.25) is 4.79 Å². The lowest BCUT2D eigenvalue weighted by Gasteiger charge is -2.09. The van der Waals surface area contributed by atoms with E-state index < -0.39 is 0 Å². The number of benzene rings is 1. The highest BCUT2D eigenvalue weighted by atomic mass is 16.5. The number of rotatable bonds is 5. The van der Waals surface area contributed by atoms with Crippen LogP contribution in [0.4, 0.5) is 0 Å². The van der Waals surface area contributed by atoms with Gasteiger partial charge in [-0.2, -0.15) is 0 Å². The molecule has 5 nitrogen and oxygen atoms in total. The van der Waals surface area contributed by atoms with Gasteiger partial charge in [0.15, 0.2) is 11.5 Å². The summed E-state index contributed by atoms with van der Waals surface area (Å²) in [5, 5.41) is 11.4. The number of carbonyl (C=O) groups excluding carboxylic acids is 1. The fourth-order valence-electron chi connectivity index (χ4n) is 1.87. The van der Waals surface area contributed by atoms with E-state index in [9.17, 15) is 4.79 Å². The lowest BCUT2D eigenvalue weighted by Crippen LogP contribution is -2.26. The maximum Gasteiger partial charge on any atom is 0.224 e. The van der Waals surface area contributed by atoms with Gasteiger partial charge in [0.05, 0.1) is 19.6 Å². The van der Waals surface area contributed by atoms with E-state index in [1.807, 2.05) is 18.2 Å². The molecule has 0 atom stereocenters. The Morgan fingerprint density at radius 2 is 2.05 bits per heavy atom. The second-order valence-electron chi connectivity index (χ2n) is 4.44. The van der Waals surface area contributed by atoms with Crippen molar-refractivity contribution in [2.24, 2.45) is 0 Å². The van der Waals surface area contributed by atoms with Crippen LogP contribution in [0.15, 0.2) is 18.2 Å². The van der Waals surface area contributed by atoms with Crippen molar-refractivity contribution >= 4 is 5.91 Å². The summed E-state index contributed by atoms with van der Waals surface area (Å²) in [6.07, 6.45) is 1.75. The minimum atomic E-state index is -0.0528. The monoisotopic (exact) mass is 265 g/mol. The summed E-state index contributed by atoms with van der Waals surface area (Å²) in [6.45, 7) is 1.89. The number of aliphatic hydroxyl groups excluding tert-OH is 1. The van der Waals surface area contributed by atoms with Crippen molar-refractivity contribution in [3.8, 4) is 11.5 Å². The summed E-state index contributed by atoms with van der Waals surface area (Å²) in [6, 6.07) is 5.57. The average Bonchev–Trinajstić information content (AvgIpc) is 2.63. The highest BCUT2D eigenvalue weighted by Gasteiger charge is 2.12. The maximum atomic E-state index is 11.7. The van der Waals surface area contributed by atoms with Crippen molar-refractivity contribution in [2.45, 2.75) is 19.3 Å². The molecule has 0 unspecified atom stereocenters. The van der Waals surface area contributed by atoms with Gasteiger partial charge in [-0.15, -0.1) is 0 Å². The summed E-state index contributed by atoms with van der Waals surface area (Å²) < 4.78 is 11.1. The zero-order chi connectivity index (χ0) is 13.5. The van der Waals surface area contributed by atoms with Crippen LogP contribution in [0.5, 0.6) is 11.5 Å². The van der Waals surface area contributed by atoms with E-state index in [0.717, 1.165) is 17.7 Å². The minimum absolute atomic E-state index is 0.0528. The Morgan fingerprint density at radius 1 is 1.26 bits per heavy atom. The third kappa shape index (κ3) is 4.13. The average molecular weight is 265 g/mol. The number of nitrogens with one attached hydrogen (secondary N) is 1. The standard InChI is InChI=1S/C14H19NO4/c16-6-1-5-15-14(17)10-11-3-4-12-13(9-11)19-8-2-7-18-12/h3-4,9,16H,1-2,5-8,10H2,(H,15,17). The SMILES string of the molecule is O=C(Cc1ccc2c(c1)OCCCO2)NCCCO. The molecule has 0 spiro atoms. The number of ether oxygens (including phenoxy) is 2. The van der Waals surface area contributed by atoms with Crippen LogP contribution >= 0.6 is 0 Å². The molecule has 0 aliphatic carbocycles. The van der Waals surface area contributed by atoms with Gasteiger partial charge in [0.1, 0.15) is 0 Å². The second-order valence-corrected chi connectivity index (χ2v) is 4.44. The Kier molecular flexibility index (Phi) is 5.03. The number of fused-ring (bicyclic) bond motifs is 1. The van der Waals surface area contributed by atoms with Gasteiger partial charge in [-0.1, -0.05) is 6.07 Å². The number of carbonyl (C=O) groups is 1. The lowest BCUT2D eigenvalue weighted by molar-refractivity contribution is -0.120. The quantitative estimate of drug-likeness (QED) is 0.776. The molecule has 1 aliphatic heterocycles. The van der Waals surface area contributed by atoms with E-state index in [1.54, 1.807) is 0 Å². The predicted octanol–water partition coefficient (Wildman–Crippen LogP) is 0.889. The molecule has 1 aliphatic rings. The van der Waals surface area contributed by atoms with Crippen molar-refractivity contribution in [1.82, 2.24) is 5.32 Å². The summed E-state index contributed by atoms with van der Waals surface area (Å²) in [5.74, 6) is 1.39. The molecule has 5 heteroatoms. The van der Waals surface area contributed by atoms with Crippen LogP contribution in [0.3, 0.4) is 0 Å². The molecule has 0 aromatic heterocycles. The van der Waals surface area contributed by atoms with Gasteiger partial charge in [0, 0.05) is 19.6 Å². The van der Waals surface area contributed by atoms with Crippen LogP contribution in [-0.4, -0.2) is 37.4 Å². The van der Waals surface area contributed by atoms with Gasteiger partial charge in [0.2, 0.25) is 5.91 Å². The smallest absolute Gasteiger partial charge is 0.224 e. The van der Waals surface area contributed by atoms with E-state index >= 15 is 0 Å². The summed E-state index contributed by atoms with van der Waals surface area (Å²) in [4.78, 5) is 11.7. The zero-order valence-corrected chi connectivity index (χ0v) is 10.9. The summed E-state index contributed by atoms with van der Waals surface area (Å²) in [7, 11) is 0. The topological polar surface area (TPSA) is 67.8 Å². The Hall–Kier alpha value is -1.75. The molecule has 2 N–H and O–H groups in total. The molecule has 1 amide bonds. The third-order valence-corrected chi connectivity index (χ3v) is 2.83. The fraction of sp³-hybridized carbons (Fsp3) is 0.500. The molecule has 0 saturated carbocycles. The molecule has 104 valence electrons. The molecule has 0 radical (unpaired) electrons. The van der Waals surface area contributed by atoms with Crippen LogP contribution in [0.2, 0.25) is 0 Å². The Morgan fingerprint density at radius 3 is 2.84 bits per heavy atom. The van der Waals surface area contributed by atoms with Crippen LogP contribution in [0, 0.1) is 0 Å². The van der Waals surface area contributed by atoms with E-state index in [4.69, 9.17) is 14.6 Å². The minimum Gasteiger partial charge on any atom is -0.490 e. The second kappa shape index (κ2) is 6.99. The maximum absolute atomic E-state index is 11.7. The first-order chi connectivity index (χ1) is 9.29. The Bertz CT molecular complexity index is 433. The predicted molar refractivity (Wildman–Crippen MR) is 70.5 cm³/mol. The van der Waals surface area contributed by atoms with Crippen LogP contribution < -0.4 is 14.8 Å². The lowest BCUT2D eigenvalue weighted by atomic mass is 10.1. The molecular formula is C14H19NO4. The molecule has 1 aromatic rings. The molecular weight excluding hydrogens is 246 g/mol. The Labute approximate surface area is 112 Å². The summed E-state index contributed by atoms with van der Waals surface area (Å²) >= 11 is 0. The van der Waals surface area contributed by atoms with Crippen molar-refractivity contribution < 1.29 is 19.4 Å². The molecule has 1 heterocycles. The first-order valence-electron chi connectivity index (χ1n) is 6.55. The van der Waals surface area contributed by atoms with Gasteiger partial charge in [-0.05, 0) is 24.1 Å². The van der Waals surface area contributed by atoms with Gasteiger partial charge < -0.3 is 19.9 Å². The zero-order valence-electron chi connectivity index (χ0n) is 10.9. The summed E-state index contributed by atoms with van der Waals surface area (Å²) in [5.41, 5.74) is 0.894. The molecule has 0 fully saturated rings. The van der Waals surface area contributed by atoms with Crippen molar-refractivity contribution in [1.29, 1.82) is 0 Å². The van der Waals surface area contributed by atoms with E-state index in [-0.39, 0.29) is 12.5 Å². The van der Waals surface area contributed by atoms with Gasteiger partial charge >= 0.3 is 0 Å². The van der Waals surface area contributed by atoms with Crippen LogP contribution in [-0.2, 0) is 11.2 Å². The normalized spacial score (nSPS) is 13.7. The highest BCUT2D eigenvalue weighted by molar-refractivity contribution is 5.78. The fourth-order valence-corrected chi connectivity index (χ4v) is 1.87. The largest absolute Gasteiger partial charge is 0.490 e. The number of aliphatic hydroxyl groups is 1. The van der Waals surface area contributed by atoms with E-state index in [0.29, 0.717) is 38.3 Å². The van der Waals surface area contributed by atoms with E-state index in [2.05, 4.69) is 5.32 Å². The Balaban J connectivity index is 1.94. The van der Waals surface area contributed by atoms with Gasteiger partial charge in [0.25, 0.3) is 0 Å². The number of hydrogen-bond acceptors (Lipinski definition) is 4. The third-order valence-electron chi connectivity index (χ3n) is 2.83. The first-order valence-corrected chi connectivity index (χ1v) is 6.55. The molecule has 0 saturated heterocycles. The van der Waals surface area contributed by atoms with Crippen molar-refractivity contribution in [3.05, 3.63) is 23.8 Å². The van der Waals surface area contributed by atoms with E-state index in [1.165, 1.54) is 0 Å². The molecule has 0 bridgehead atoms. The van der Waals surface area contributed by atoms with Crippen LogP contribution in [0.1, 0.15) is 18.4 Å². The molecule has 1 aromatic carbocycles. The molecule has 19 heavy (non-hydrogen) atoms. The van der Waals surface area contributed by atoms with Crippen molar-refractivity contribution in [2.75, 3.05) is 26.4 Å². The van der Waals surface area contributed by atoms with Crippen LogP contribution in [0.25, 0.3) is 0 Å². The molecule has 2 rings (SSSR count). The number of amides is 1. The first kappa shape index (κ1) is 13.7. The highest BCUT2D eigenvalue weighted by Crippen LogP contribution is 2.30. The van der Waals surface area contributed by atoms with Crippen molar-refractivity contribution in [3.63, 3.8) is 0 Å². The van der Waals surface area contributed by atoms with Gasteiger partial charge in [-0.25, -0.2) is 0 Å².